The summed E-state index contributed by atoms with van der Waals surface area (Å²) < 4.78 is 6.06. The maximum Gasteiger partial charge on any atom is 0.394 e. The third-order valence-corrected chi connectivity index (χ3v) is 3.74. The van der Waals surface area contributed by atoms with Crippen LogP contribution in [-0.4, -0.2) is 29.6 Å². The highest BCUT2D eigenvalue weighted by atomic mass is 16.5. The summed E-state index contributed by atoms with van der Waals surface area (Å²) >= 11 is 0. The molecule has 21 heavy (non-hydrogen) atoms. The summed E-state index contributed by atoms with van der Waals surface area (Å²) in [5.74, 6) is -1.31. The van der Waals surface area contributed by atoms with Gasteiger partial charge in [-0.05, 0) is 23.5 Å². The number of carbonyl (C=O) groups excluding carboxylic acids is 1. The first kappa shape index (κ1) is 15.4. The van der Waals surface area contributed by atoms with Crippen molar-refractivity contribution in [1.29, 1.82) is 0 Å². The number of benzene rings is 1. The minimum atomic E-state index is -1.44. The molecule has 0 saturated carbocycles. The van der Waals surface area contributed by atoms with Crippen LogP contribution in [0, 0.1) is 5.92 Å². The molecule has 0 aromatic heterocycles. The average molecular weight is 291 g/mol. The van der Waals surface area contributed by atoms with Gasteiger partial charge in [0.25, 0.3) is 0 Å². The minimum Gasteiger partial charge on any atom is -0.486 e. The minimum absolute atomic E-state index is 0.183. The van der Waals surface area contributed by atoms with Gasteiger partial charge in [0, 0.05) is 0 Å². The van der Waals surface area contributed by atoms with E-state index >= 15 is 0 Å². The molecule has 114 valence electrons. The standard InChI is InChI=1S/C16H21NO4/c1-9(2)11-6-5-7-12-14(11)21-13(10(3)4)8-17(12)15(18)16(19)20/h5-7,9-10,13H,8H2,1-4H3,(H,19,20). The van der Waals surface area contributed by atoms with Crippen LogP contribution in [0.25, 0.3) is 0 Å². The van der Waals surface area contributed by atoms with Gasteiger partial charge in [0.2, 0.25) is 0 Å². The van der Waals surface area contributed by atoms with Crippen molar-refractivity contribution in [2.75, 3.05) is 11.4 Å². The summed E-state index contributed by atoms with van der Waals surface area (Å²) in [6, 6.07) is 5.52. The van der Waals surface area contributed by atoms with E-state index in [0.717, 1.165) is 5.56 Å². The van der Waals surface area contributed by atoms with Gasteiger partial charge < -0.3 is 9.84 Å². The molecule has 5 nitrogen and oxygen atoms in total. The number of carboxylic acids is 1. The molecule has 1 aliphatic rings. The zero-order valence-corrected chi connectivity index (χ0v) is 12.8. The van der Waals surface area contributed by atoms with E-state index in [1.54, 1.807) is 6.07 Å². The van der Waals surface area contributed by atoms with Crippen molar-refractivity contribution in [3.63, 3.8) is 0 Å². The van der Waals surface area contributed by atoms with Crippen molar-refractivity contribution in [2.24, 2.45) is 5.92 Å². The fraction of sp³-hybridized carbons (Fsp3) is 0.500. The van der Waals surface area contributed by atoms with Gasteiger partial charge in [-0.1, -0.05) is 39.8 Å². The van der Waals surface area contributed by atoms with Gasteiger partial charge in [0.05, 0.1) is 12.2 Å². The van der Waals surface area contributed by atoms with E-state index in [1.807, 2.05) is 39.8 Å². The summed E-state index contributed by atoms with van der Waals surface area (Å²) in [5.41, 5.74) is 1.53. The van der Waals surface area contributed by atoms with Crippen LogP contribution in [0.4, 0.5) is 5.69 Å². The number of ether oxygens (including phenoxy) is 1. The Bertz CT molecular complexity index is 565. The number of hydrogen-bond acceptors (Lipinski definition) is 3. The number of carbonyl (C=O) groups is 2. The molecule has 2 rings (SSSR count). The molecule has 0 fully saturated rings. The largest absolute Gasteiger partial charge is 0.486 e. The third kappa shape index (κ3) is 2.86. The highest BCUT2D eigenvalue weighted by Gasteiger charge is 2.35. The van der Waals surface area contributed by atoms with Gasteiger partial charge in [-0.2, -0.15) is 0 Å². The molecule has 1 atom stereocenters. The Balaban J connectivity index is 2.54. The second-order valence-corrected chi connectivity index (χ2v) is 5.97. The quantitative estimate of drug-likeness (QED) is 0.851. The average Bonchev–Trinajstić information content (AvgIpc) is 2.44. The van der Waals surface area contributed by atoms with Crippen molar-refractivity contribution in [2.45, 2.75) is 39.7 Å². The molecule has 1 aromatic rings. The molecule has 0 saturated heterocycles. The highest BCUT2D eigenvalue weighted by molar-refractivity contribution is 6.37. The van der Waals surface area contributed by atoms with Crippen LogP contribution in [0.1, 0.15) is 39.2 Å². The van der Waals surface area contributed by atoms with Crippen molar-refractivity contribution in [3.8, 4) is 5.75 Å². The number of rotatable bonds is 2. The fourth-order valence-corrected chi connectivity index (χ4v) is 2.46. The van der Waals surface area contributed by atoms with Gasteiger partial charge in [0.15, 0.2) is 0 Å². The summed E-state index contributed by atoms with van der Waals surface area (Å²) in [5, 5.41) is 9.03. The predicted octanol–water partition coefficient (Wildman–Crippen LogP) is 2.64. The lowest BCUT2D eigenvalue weighted by atomic mass is 9.97. The van der Waals surface area contributed by atoms with Gasteiger partial charge in [-0.15, -0.1) is 0 Å². The van der Waals surface area contributed by atoms with E-state index in [2.05, 4.69) is 0 Å². The first-order chi connectivity index (χ1) is 9.82. The zero-order valence-electron chi connectivity index (χ0n) is 12.8. The van der Waals surface area contributed by atoms with Crippen LogP contribution >= 0.6 is 0 Å². The Morgan fingerprint density at radius 3 is 2.48 bits per heavy atom. The molecule has 1 aromatic carbocycles. The van der Waals surface area contributed by atoms with Crippen LogP contribution in [0.5, 0.6) is 5.75 Å². The zero-order chi connectivity index (χ0) is 15.7. The molecule has 1 heterocycles. The number of anilines is 1. The van der Waals surface area contributed by atoms with Crippen molar-refractivity contribution < 1.29 is 19.4 Å². The Morgan fingerprint density at radius 2 is 1.95 bits per heavy atom. The van der Waals surface area contributed by atoms with Gasteiger partial charge in [0.1, 0.15) is 11.9 Å². The van der Waals surface area contributed by atoms with Gasteiger partial charge in [-0.25, -0.2) is 4.79 Å². The first-order valence-electron chi connectivity index (χ1n) is 7.17. The number of hydrogen-bond donors (Lipinski definition) is 1. The first-order valence-corrected chi connectivity index (χ1v) is 7.17. The lowest BCUT2D eigenvalue weighted by molar-refractivity contribution is -0.149. The number of amides is 1. The second kappa shape index (κ2) is 5.76. The summed E-state index contributed by atoms with van der Waals surface area (Å²) in [6.07, 6.45) is -0.208. The Kier molecular flexibility index (Phi) is 4.21. The lowest BCUT2D eigenvalue weighted by Crippen LogP contribution is -2.48. The maximum atomic E-state index is 12.0. The van der Waals surface area contributed by atoms with Crippen LogP contribution in [-0.2, 0) is 9.59 Å². The molecule has 0 spiro atoms. The van der Waals surface area contributed by atoms with Gasteiger partial charge >= 0.3 is 11.9 Å². The Labute approximate surface area is 124 Å². The molecule has 5 heteroatoms. The van der Waals surface area contributed by atoms with E-state index in [-0.39, 0.29) is 24.5 Å². The van der Waals surface area contributed by atoms with Crippen molar-refractivity contribution in [1.82, 2.24) is 0 Å². The molecule has 1 aliphatic heterocycles. The predicted molar refractivity (Wildman–Crippen MR) is 79.8 cm³/mol. The second-order valence-electron chi connectivity index (χ2n) is 5.97. The highest BCUT2D eigenvalue weighted by Crippen LogP contribution is 2.40. The Morgan fingerprint density at radius 1 is 1.29 bits per heavy atom. The monoisotopic (exact) mass is 291 g/mol. The van der Waals surface area contributed by atoms with Crippen LogP contribution in [0.2, 0.25) is 0 Å². The molecule has 0 aliphatic carbocycles. The van der Waals surface area contributed by atoms with Crippen LogP contribution in [0.3, 0.4) is 0 Å². The smallest absolute Gasteiger partial charge is 0.394 e. The van der Waals surface area contributed by atoms with E-state index in [9.17, 15) is 9.59 Å². The maximum absolute atomic E-state index is 12.0. The summed E-state index contributed by atoms with van der Waals surface area (Å²) in [7, 11) is 0. The van der Waals surface area contributed by atoms with Crippen LogP contribution < -0.4 is 9.64 Å². The number of carboxylic acid groups (broad SMARTS) is 1. The summed E-state index contributed by atoms with van der Waals surface area (Å²) in [4.78, 5) is 24.4. The molecule has 1 N–H and O–H groups in total. The van der Waals surface area contributed by atoms with E-state index in [4.69, 9.17) is 9.84 Å². The van der Waals surface area contributed by atoms with E-state index < -0.39 is 11.9 Å². The fourth-order valence-electron chi connectivity index (χ4n) is 2.46. The molecule has 1 amide bonds. The van der Waals surface area contributed by atoms with Crippen molar-refractivity contribution >= 4 is 17.6 Å². The van der Waals surface area contributed by atoms with Gasteiger partial charge in [-0.3, -0.25) is 9.69 Å². The van der Waals surface area contributed by atoms with E-state index in [1.165, 1.54) is 4.90 Å². The molecular formula is C16H21NO4. The lowest BCUT2D eigenvalue weighted by Gasteiger charge is -2.37. The SMILES string of the molecule is CC(C)c1cccc2c1OC(C(C)C)CN2C(=O)C(=O)O. The molecule has 0 radical (unpaired) electrons. The summed E-state index contributed by atoms with van der Waals surface area (Å²) in [6.45, 7) is 8.34. The normalized spacial score (nSPS) is 17.6. The number of nitrogens with zero attached hydrogens (tertiary/aromatic N) is 1. The van der Waals surface area contributed by atoms with Crippen molar-refractivity contribution in [3.05, 3.63) is 23.8 Å². The molecule has 0 bridgehead atoms. The molecular weight excluding hydrogens is 270 g/mol. The number of para-hydroxylation sites is 1. The molecule has 1 unspecified atom stereocenters. The van der Waals surface area contributed by atoms with E-state index in [0.29, 0.717) is 11.4 Å². The number of aliphatic carboxylic acids is 1. The van der Waals surface area contributed by atoms with Crippen LogP contribution in [0.15, 0.2) is 18.2 Å². The third-order valence-electron chi connectivity index (χ3n) is 3.74. The number of fused-ring (bicyclic) bond motifs is 1. The topological polar surface area (TPSA) is 66.8 Å². The Hall–Kier alpha value is -2.04.